The highest BCUT2D eigenvalue weighted by Crippen LogP contribution is 2.27. The van der Waals surface area contributed by atoms with Gasteiger partial charge >= 0.3 is 0 Å². The maximum absolute atomic E-state index is 12.2. The van der Waals surface area contributed by atoms with Gasteiger partial charge in [0.2, 0.25) is 0 Å². The molecule has 0 radical (unpaired) electrons. The lowest BCUT2D eigenvalue weighted by molar-refractivity contribution is 0.277. The molecule has 2 N–H and O–H groups in total. The normalized spacial score (nSPS) is 11.6. The summed E-state index contributed by atoms with van der Waals surface area (Å²) in [5.74, 6) is 0. The zero-order valence-corrected chi connectivity index (χ0v) is 14.0. The summed E-state index contributed by atoms with van der Waals surface area (Å²) in [5.41, 5.74) is 0.294. The molecule has 6 nitrogen and oxygen atoms in total. The number of sulfonamides is 1. The first-order chi connectivity index (χ1) is 9.92. The molecule has 0 bridgehead atoms. The Bertz CT molecular complexity index is 733. The fraction of sp³-hybridized carbons (Fsp3) is 0.250. The van der Waals surface area contributed by atoms with Crippen LogP contribution < -0.4 is 4.72 Å². The lowest BCUT2D eigenvalue weighted by Gasteiger charge is -2.08. The number of nitrogens with one attached hydrogen (secondary N) is 1. The third-order valence-electron chi connectivity index (χ3n) is 2.64. The van der Waals surface area contributed by atoms with E-state index in [1.54, 1.807) is 18.2 Å². The minimum atomic E-state index is -3.75. The number of aliphatic hydroxyl groups excluding tert-OH is 1. The van der Waals surface area contributed by atoms with Crippen molar-refractivity contribution in [3.8, 4) is 0 Å². The fourth-order valence-corrected chi connectivity index (χ4v) is 3.42. The van der Waals surface area contributed by atoms with Crippen LogP contribution in [0.4, 0.5) is 5.69 Å². The molecule has 1 heterocycles. The van der Waals surface area contributed by atoms with Crippen LogP contribution in [0.5, 0.6) is 0 Å². The lowest BCUT2D eigenvalue weighted by Crippen LogP contribution is -2.12. The van der Waals surface area contributed by atoms with E-state index in [0.29, 0.717) is 23.7 Å². The molecule has 1 aromatic heterocycles. The number of aliphatic hydroxyl groups is 1. The first-order valence-corrected chi connectivity index (χ1v) is 8.69. The number of rotatable bonds is 6. The van der Waals surface area contributed by atoms with E-state index < -0.39 is 10.0 Å². The zero-order valence-electron chi connectivity index (χ0n) is 10.8. The Morgan fingerprint density at radius 2 is 2.19 bits per heavy atom. The van der Waals surface area contributed by atoms with Crippen LogP contribution in [0.2, 0.25) is 5.02 Å². The van der Waals surface area contributed by atoms with Gasteiger partial charge in [-0.05, 0) is 24.6 Å². The molecule has 0 saturated carbocycles. The standard InChI is InChI=1S/C12H13BrClN3O3S/c13-9-2-3-12(11(14)6-9)16-21(19,20)10-7-15-17(8-10)4-1-5-18/h2-3,6-8,16,18H,1,4-5H2. The van der Waals surface area contributed by atoms with Gasteiger partial charge in [0.25, 0.3) is 10.0 Å². The summed E-state index contributed by atoms with van der Waals surface area (Å²) >= 11 is 9.24. The Kier molecular flexibility index (Phi) is 5.26. The Balaban J connectivity index is 2.19. The topological polar surface area (TPSA) is 84.2 Å². The van der Waals surface area contributed by atoms with Crippen molar-refractivity contribution in [1.29, 1.82) is 0 Å². The van der Waals surface area contributed by atoms with Crippen LogP contribution >= 0.6 is 27.5 Å². The van der Waals surface area contributed by atoms with Crippen LogP contribution in [-0.2, 0) is 16.6 Å². The molecule has 0 aliphatic heterocycles. The molecule has 0 atom stereocenters. The highest BCUT2D eigenvalue weighted by molar-refractivity contribution is 9.10. The van der Waals surface area contributed by atoms with Gasteiger partial charge in [0.1, 0.15) is 4.90 Å². The second-order valence-corrected chi connectivity index (χ2v) is 7.25. The third kappa shape index (κ3) is 4.19. The maximum atomic E-state index is 12.2. The van der Waals surface area contributed by atoms with Gasteiger partial charge in [0, 0.05) is 23.8 Å². The third-order valence-corrected chi connectivity index (χ3v) is 4.77. The summed E-state index contributed by atoms with van der Waals surface area (Å²) < 4.78 is 29.1. The number of hydrogen-bond donors (Lipinski definition) is 2. The van der Waals surface area contributed by atoms with Crippen molar-refractivity contribution in [2.24, 2.45) is 0 Å². The summed E-state index contributed by atoms with van der Waals surface area (Å²) in [6.07, 6.45) is 3.17. The average Bonchev–Trinajstić information content (AvgIpc) is 2.89. The molecular weight excluding hydrogens is 382 g/mol. The first-order valence-electron chi connectivity index (χ1n) is 6.03. The van der Waals surface area contributed by atoms with Crippen molar-refractivity contribution in [2.75, 3.05) is 11.3 Å². The highest BCUT2D eigenvalue weighted by atomic mass is 79.9. The van der Waals surface area contributed by atoms with Crippen LogP contribution in [0.15, 0.2) is 40.0 Å². The zero-order chi connectivity index (χ0) is 15.5. The van der Waals surface area contributed by atoms with Gasteiger partial charge in [0.15, 0.2) is 0 Å². The van der Waals surface area contributed by atoms with Gasteiger partial charge in [-0.2, -0.15) is 5.10 Å². The van der Waals surface area contributed by atoms with E-state index in [2.05, 4.69) is 25.8 Å². The lowest BCUT2D eigenvalue weighted by atomic mass is 10.3. The van der Waals surface area contributed by atoms with E-state index in [1.807, 2.05) is 0 Å². The van der Waals surface area contributed by atoms with Gasteiger partial charge in [-0.1, -0.05) is 27.5 Å². The van der Waals surface area contributed by atoms with Crippen molar-refractivity contribution in [1.82, 2.24) is 9.78 Å². The van der Waals surface area contributed by atoms with E-state index in [9.17, 15) is 8.42 Å². The predicted octanol–water partition coefficient (Wildman–Crippen LogP) is 2.48. The number of aryl methyl sites for hydroxylation is 1. The number of benzene rings is 1. The van der Waals surface area contributed by atoms with E-state index in [0.717, 1.165) is 4.47 Å². The summed E-state index contributed by atoms with van der Waals surface area (Å²) in [4.78, 5) is 0.0411. The van der Waals surface area contributed by atoms with Crippen LogP contribution in [0.1, 0.15) is 6.42 Å². The molecule has 0 fully saturated rings. The van der Waals surface area contributed by atoms with Crippen molar-refractivity contribution in [3.63, 3.8) is 0 Å². The van der Waals surface area contributed by atoms with Crippen molar-refractivity contribution in [3.05, 3.63) is 40.1 Å². The molecule has 9 heteroatoms. The van der Waals surface area contributed by atoms with E-state index in [1.165, 1.54) is 17.1 Å². The molecule has 0 aliphatic rings. The van der Waals surface area contributed by atoms with Gasteiger partial charge in [-0.3, -0.25) is 9.40 Å². The average molecular weight is 395 g/mol. The van der Waals surface area contributed by atoms with Crippen LogP contribution in [0.25, 0.3) is 0 Å². The SMILES string of the molecule is O=S(=O)(Nc1ccc(Br)cc1Cl)c1cnn(CCCO)c1. The smallest absolute Gasteiger partial charge is 0.265 e. The van der Waals surface area contributed by atoms with E-state index in [4.69, 9.17) is 16.7 Å². The predicted molar refractivity (Wildman–Crippen MR) is 83.9 cm³/mol. The molecule has 2 aromatic rings. The van der Waals surface area contributed by atoms with Gasteiger partial charge < -0.3 is 5.11 Å². The minimum absolute atomic E-state index is 0.0225. The molecule has 0 amide bonds. The van der Waals surface area contributed by atoms with Gasteiger partial charge in [-0.15, -0.1) is 0 Å². The number of aromatic nitrogens is 2. The Labute approximate surface area is 135 Å². The van der Waals surface area contributed by atoms with Crippen LogP contribution in [-0.4, -0.2) is 29.9 Å². The Morgan fingerprint density at radius 3 is 2.86 bits per heavy atom. The molecule has 0 spiro atoms. The number of halogens is 2. The molecule has 21 heavy (non-hydrogen) atoms. The number of hydrogen-bond acceptors (Lipinski definition) is 4. The largest absolute Gasteiger partial charge is 0.396 e. The van der Waals surface area contributed by atoms with Gasteiger partial charge in [-0.25, -0.2) is 8.42 Å². The van der Waals surface area contributed by atoms with Crippen LogP contribution in [0, 0.1) is 0 Å². The summed E-state index contributed by atoms with van der Waals surface area (Å²) in [6.45, 7) is 0.472. The quantitative estimate of drug-likeness (QED) is 0.788. The summed E-state index contributed by atoms with van der Waals surface area (Å²) in [6, 6.07) is 4.86. The summed E-state index contributed by atoms with van der Waals surface area (Å²) in [5, 5.41) is 13.0. The first kappa shape index (κ1) is 16.3. The highest BCUT2D eigenvalue weighted by Gasteiger charge is 2.18. The second-order valence-electron chi connectivity index (χ2n) is 4.25. The van der Waals surface area contributed by atoms with E-state index >= 15 is 0 Å². The second kappa shape index (κ2) is 6.78. The number of nitrogens with zero attached hydrogens (tertiary/aromatic N) is 2. The van der Waals surface area contributed by atoms with E-state index in [-0.39, 0.29) is 11.5 Å². The van der Waals surface area contributed by atoms with Gasteiger partial charge in [0.05, 0.1) is 16.9 Å². The number of anilines is 1. The Hall–Kier alpha value is -1.09. The minimum Gasteiger partial charge on any atom is -0.396 e. The Morgan fingerprint density at radius 1 is 1.43 bits per heavy atom. The molecular formula is C12H13BrClN3O3S. The maximum Gasteiger partial charge on any atom is 0.265 e. The van der Waals surface area contributed by atoms with Crippen molar-refractivity contribution >= 4 is 43.2 Å². The molecule has 0 saturated heterocycles. The fourth-order valence-electron chi connectivity index (χ4n) is 1.61. The molecule has 2 rings (SSSR count). The molecule has 0 unspecified atom stereocenters. The monoisotopic (exact) mass is 393 g/mol. The molecule has 1 aromatic carbocycles. The molecule has 114 valence electrons. The summed E-state index contributed by atoms with van der Waals surface area (Å²) in [7, 11) is -3.75. The van der Waals surface area contributed by atoms with Crippen molar-refractivity contribution < 1.29 is 13.5 Å². The van der Waals surface area contributed by atoms with Crippen LogP contribution in [0.3, 0.4) is 0 Å². The van der Waals surface area contributed by atoms with Crippen molar-refractivity contribution in [2.45, 2.75) is 17.9 Å². The molecule has 0 aliphatic carbocycles.